The van der Waals surface area contributed by atoms with Gasteiger partial charge in [-0.05, 0) is 19.3 Å². The molecular formula is C12H16ClN3O. The maximum absolute atomic E-state index is 12.3. The first-order valence-electron chi connectivity index (χ1n) is 5.95. The lowest BCUT2D eigenvalue weighted by molar-refractivity contribution is -0.125. The summed E-state index contributed by atoms with van der Waals surface area (Å²) in [5.74, 6) is 0.483. The highest BCUT2D eigenvalue weighted by Crippen LogP contribution is 2.41. The van der Waals surface area contributed by atoms with E-state index in [0.29, 0.717) is 11.0 Å². The van der Waals surface area contributed by atoms with Gasteiger partial charge in [-0.3, -0.25) is 9.78 Å². The Morgan fingerprint density at radius 3 is 2.76 bits per heavy atom. The number of hydrogen-bond acceptors (Lipinski definition) is 3. The Bertz CT molecular complexity index is 416. The van der Waals surface area contributed by atoms with Crippen LogP contribution in [0.4, 0.5) is 5.82 Å². The van der Waals surface area contributed by atoms with Crippen LogP contribution < -0.4 is 5.32 Å². The Labute approximate surface area is 106 Å². The first-order chi connectivity index (χ1) is 8.16. The topological polar surface area (TPSA) is 54.9 Å². The van der Waals surface area contributed by atoms with Crippen LogP contribution in [0.25, 0.3) is 0 Å². The summed E-state index contributed by atoms with van der Waals surface area (Å²) in [6.07, 6.45) is 8.01. The predicted octanol–water partition coefficient (Wildman–Crippen LogP) is 3.04. The molecule has 2 rings (SSSR count). The molecule has 4 nitrogen and oxygen atoms in total. The van der Waals surface area contributed by atoms with Gasteiger partial charge in [-0.25, -0.2) is 4.98 Å². The van der Waals surface area contributed by atoms with E-state index in [-0.39, 0.29) is 11.3 Å². The molecule has 1 aromatic rings. The summed E-state index contributed by atoms with van der Waals surface area (Å²) in [6.45, 7) is 2.06. The minimum Gasteiger partial charge on any atom is -0.309 e. The van der Waals surface area contributed by atoms with E-state index in [1.807, 2.05) is 0 Å². The summed E-state index contributed by atoms with van der Waals surface area (Å²) >= 11 is 5.73. The highest BCUT2D eigenvalue weighted by molar-refractivity contribution is 6.29. The molecule has 1 heterocycles. The van der Waals surface area contributed by atoms with Crippen molar-refractivity contribution in [2.24, 2.45) is 5.41 Å². The van der Waals surface area contributed by atoms with Gasteiger partial charge in [-0.2, -0.15) is 0 Å². The van der Waals surface area contributed by atoms with Gasteiger partial charge in [0.15, 0.2) is 5.82 Å². The summed E-state index contributed by atoms with van der Waals surface area (Å²) in [6, 6.07) is 0. The van der Waals surface area contributed by atoms with Gasteiger partial charge in [0, 0.05) is 5.41 Å². The van der Waals surface area contributed by atoms with Crippen molar-refractivity contribution >= 4 is 23.3 Å². The van der Waals surface area contributed by atoms with E-state index in [1.165, 1.54) is 12.4 Å². The highest BCUT2D eigenvalue weighted by atomic mass is 35.5. The molecule has 92 valence electrons. The van der Waals surface area contributed by atoms with Crippen LogP contribution in [0.1, 0.15) is 39.0 Å². The second kappa shape index (κ2) is 5.00. The summed E-state index contributed by atoms with van der Waals surface area (Å²) in [7, 11) is 0. The van der Waals surface area contributed by atoms with Gasteiger partial charge in [0.05, 0.1) is 12.4 Å². The quantitative estimate of drug-likeness (QED) is 0.901. The van der Waals surface area contributed by atoms with Crippen molar-refractivity contribution in [3.8, 4) is 0 Å². The number of nitrogens with one attached hydrogen (secondary N) is 1. The molecule has 0 unspecified atom stereocenters. The van der Waals surface area contributed by atoms with Crippen molar-refractivity contribution in [3.63, 3.8) is 0 Å². The molecule has 1 aliphatic carbocycles. The number of carbonyl (C=O) groups excluding carboxylic acids is 1. The summed E-state index contributed by atoms with van der Waals surface area (Å²) < 4.78 is 0. The molecule has 0 aliphatic heterocycles. The summed E-state index contributed by atoms with van der Waals surface area (Å²) in [4.78, 5) is 20.2. The lowest BCUT2D eigenvalue weighted by atomic mass is 9.82. The zero-order valence-corrected chi connectivity index (χ0v) is 10.6. The zero-order valence-electron chi connectivity index (χ0n) is 9.87. The fourth-order valence-corrected chi connectivity index (χ4v) is 2.59. The second-order valence-electron chi connectivity index (χ2n) is 4.52. The van der Waals surface area contributed by atoms with Crippen molar-refractivity contribution in [1.29, 1.82) is 0 Å². The van der Waals surface area contributed by atoms with Gasteiger partial charge >= 0.3 is 0 Å². The van der Waals surface area contributed by atoms with E-state index in [0.717, 1.165) is 32.1 Å². The van der Waals surface area contributed by atoms with Crippen LogP contribution in [0.5, 0.6) is 0 Å². The van der Waals surface area contributed by atoms with Crippen LogP contribution in [-0.2, 0) is 4.79 Å². The Morgan fingerprint density at radius 1 is 1.47 bits per heavy atom. The fraction of sp³-hybridized carbons (Fsp3) is 0.583. The number of hydrogen-bond donors (Lipinski definition) is 1. The molecule has 0 bridgehead atoms. The van der Waals surface area contributed by atoms with Crippen LogP contribution in [-0.4, -0.2) is 15.9 Å². The number of amides is 1. The molecule has 0 radical (unpaired) electrons. The zero-order chi connectivity index (χ0) is 12.3. The number of carbonyl (C=O) groups is 1. The van der Waals surface area contributed by atoms with Crippen LogP contribution in [0, 0.1) is 5.41 Å². The third-order valence-corrected chi connectivity index (χ3v) is 3.75. The van der Waals surface area contributed by atoms with Gasteiger partial charge in [0.2, 0.25) is 5.91 Å². The average Bonchev–Trinajstić information content (AvgIpc) is 2.78. The Balaban J connectivity index is 2.10. The van der Waals surface area contributed by atoms with Crippen molar-refractivity contribution in [2.45, 2.75) is 39.0 Å². The number of halogens is 1. The summed E-state index contributed by atoms with van der Waals surface area (Å²) in [5, 5.41) is 3.11. The molecule has 1 fully saturated rings. The Hall–Kier alpha value is -1.16. The van der Waals surface area contributed by atoms with E-state index in [2.05, 4.69) is 22.2 Å². The average molecular weight is 254 g/mol. The summed E-state index contributed by atoms with van der Waals surface area (Å²) in [5.41, 5.74) is -0.218. The lowest BCUT2D eigenvalue weighted by Gasteiger charge is -2.25. The van der Waals surface area contributed by atoms with Crippen LogP contribution in [0.3, 0.4) is 0 Å². The molecule has 1 saturated carbocycles. The van der Waals surface area contributed by atoms with Crippen molar-refractivity contribution < 1.29 is 4.79 Å². The van der Waals surface area contributed by atoms with Crippen molar-refractivity contribution in [1.82, 2.24) is 9.97 Å². The third kappa shape index (κ3) is 2.57. The number of anilines is 1. The normalized spacial score (nSPS) is 18.0. The maximum atomic E-state index is 12.3. The predicted molar refractivity (Wildman–Crippen MR) is 66.9 cm³/mol. The first kappa shape index (κ1) is 12.3. The van der Waals surface area contributed by atoms with Crippen LogP contribution in [0.2, 0.25) is 5.15 Å². The van der Waals surface area contributed by atoms with Gasteiger partial charge in [0.25, 0.3) is 0 Å². The van der Waals surface area contributed by atoms with E-state index >= 15 is 0 Å². The number of rotatable bonds is 3. The van der Waals surface area contributed by atoms with Gasteiger partial charge in [-0.1, -0.05) is 31.4 Å². The minimum absolute atomic E-state index is 0.0501. The van der Waals surface area contributed by atoms with Gasteiger partial charge in [0.1, 0.15) is 5.15 Å². The van der Waals surface area contributed by atoms with Crippen LogP contribution in [0.15, 0.2) is 12.4 Å². The Morgan fingerprint density at radius 2 is 2.18 bits per heavy atom. The first-order valence-corrected chi connectivity index (χ1v) is 6.33. The standard InChI is InChI=1S/C12H16ClN3O/c1-2-12(5-3-4-6-12)11(17)16-10-8-14-7-9(13)15-10/h7-8H,2-6H2,1H3,(H,15,16,17). The largest absolute Gasteiger partial charge is 0.309 e. The van der Waals surface area contributed by atoms with Crippen molar-refractivity contribution in [2.75, 3.05) is 5.32 Å². The van der Waals surface area contributed by atoms with Crippen LogP contribution >= 0.6 is 11.6 Å². The number of nitrogens with zero attached hydrogens (tertiary/aromatic N) is 2. The third-order valence-electron chi connectivity index (χ3n) is 3.57. The molecule has 5 heteroatoms. The second-order valence-corrected chi connectivity index (χ2v) is 4.91. The lowest BCUT2D eigenvalue weighted by Crippen LogP contribution is -2.33. The molecule has 1 amide bonds. The maximum Gasteiger partial charge on any atom is 0.231 e. The molecule has 17 heavy (non-hydrogen) atoms. The monoisotopic (exact) mass is 253 g/mol. The van der Waals surface area contributed by atoms with E-state index in [4.69, 9.17) is 11.6 Å². The SMILES string of the molecule is CCC1(C(=O)Nc2cncc(Cl)n2)CCCC1. The number of aromatic nitrogens is 2. The molecule has 0 aromatic carbocycles. The molecule has 0 saturated heterocycles. The van der Waals surface area contributed by atoms with E-state index in [9.17, 15) is 4.79 Å². The molecule has 0 atom stereocenters. The van der Waals surface area contributed by atoms with E-state index in [1.54, 1.807) is 0 Å². The Kier molecular flexibility index (Phi) is 3.62. The highest BCUT2D eigenvalue weighted by Gasteiger charge is 2.39. The smallest absolute Gasteiger partial charge is 0.231 e. The van der Waals surface area contributed by atoms with Crippen molar-refractivity contribution in [3.05, 3.63) is 17.5 Å². The molecular weight excluding hydrogens is 238 g/mol. The van der Waals surface area contributed by atoms with E-state index < -0.39 is 0 Å². The molecule has 1 aromatic heterocycles. The molecule has 1 N–H and O–H groups in total. The molecule has 1 aliphatic rings. The minimum atomic E-state index is -0.218. The molecule has 0 spiro atoms. The van der Waals surface area contributed by atoms with Gasteiger partial charge < -0.3 is 5.32 Å². The van der Waals surface area contributed by atoms with Gasteiger partial charge in [-0.15, -0.1) is 0 Å². The fourth-order valence-electron chi connectivity index (χ4n) is 2.44.